The summed E-state index contributed by atoms with van der Waals surface area (Å²) in [5.41, 5.74) is 6.06. The molecule has 1 heterocycles. The molecule has 0 bridgehead atoms. The highest BCUT2D eigenvalue weighted by Crippen LogP contribution is 2.25. The number of carbonyl (C=O) groups excluding carboxylic acids is 3. The quantitative estimate of drug-likeness (QED) is 0.209. The molecule has 4 aromatic carbocycles. The van der Waals surface area contributed by atoms with Crippen LogP contribution in [0.1, 0.15) is 42.3 Å². The number of amides is 1. The summed E-state index contributed by atoms with van der Waals surface area (Å²) in [6.07, 6.45) is 0.788. The molecule has 6 nitrogen and oxygen atoms in total. The summed E-state index contributed by atoms with van der Waals surface area (Å²) in [5.74, 6) is -0.587. The van der Waals surface area contributed by atoms with E-state index < -0.39 is 5.97 Å². The zero-order valence-electron chi connectivity index (χ0n) is 19.9. The number of fused-ring (bicyclic) bond motifs is 1. The van der Waals surface area contributed by atoms with Gasteiger partial charge in [-0.3, -0.25) is 9.59 Å². The lowest BCUT2D eigenvalue weighted by Gasteiger charge is -2.09. The van der Waals surface area contributed by atoms with Gasteiger partial charge >= 0.3 is 5.97 Å². The van der Waals surface area contributed by atoms with E-state index in [1.165, 1.54) is 0 Å². The minimum Gasteiger partial charge on any atom is -0.457 e. The maximum absolute atomic E-state index is 12.8. The first-order valence-electron chi connectivity index (χ1n) is 11.9. The molecule has 5 aromatic rings. The van der Waals surface area contributed by atoms with Crippen LogP contribution in [-0.4, -0.2) is 23.1 Å². The molecular formula is C31H24N2O4. The predicted molar refractivity (Wildman–Crippen MR) is 142 cm³/mol. The van der Waals surface area contributed by atoms with Crippen LogP contribution in [-0.2, 0) is 17.9 Å². The molecule has 0 spiro atoms. The van der Waals surface area contributed by atoms with Crippen LogP contribution >= 0.6 is 0 Å². The Labute approximate surface area is 213 Å². The van der Waals surface area contributed by atoms with Crippen LogP contribution in [0.4, 0.5) is 0 Å². The average Bonchev–Trinajstić information content (AvgIpc) is 3.38. The molecule has 0 saturated carbocycles. The minimum absolute atomic E-state index is 0.195. The summed E-state index contributed by atoms with van der Waals surface area (Å²) in [7, 11) is 0. The van der Waals surface area contributed by atoms with Gasteiger partial charge in [-0.1, -0.05) is 60.7 Å². The second-order valence-corrected chi connectivity index (χ2v) is 8.67. The van der Waals surface area contributed by atoms with E-state index in [-0.39, 0.29) is 12.5 Å². The SMILES string of the molecule is O=Cc1cc2cc(-c3cccc(C(=O)NCc4ccc(C(=O)OCc5ccccc5)cc4)c3)ccc2[nH]1. The first kappa shape index (κ1) is 23.8. The Morgan fingerprint density at radius 2 is 1.54 bits per heavy atom. The highest BCUT2D eigenvalue weighted by Gasteiger charge is 2.10. The number of H-pyrrole nitrogens is 1. The van der Waals surface area contributed by atoms with Gasteiger partial charge in [-0.25, -0.2) is 4.79 Å². The van der Waals surface area contributed by atoms with Crippen LogP contribution in [0.2, 0.25) is 0 Å². The van der Waals surface area contributed by atoms with Crippen molar-refractivity contribution in [1.82, 2.24) is 10.3 Å². The number of aldehydes is 1. The number of benzene rings is 4. The van der Waals surface area contributed by atoms with Crippen LogP contribution in [0.15, 0.2) is 103 Å². The first-order chi connectivity index (χ1) is 18.1. The minimum atomic E-state index is -0.392. The summed E-state index contributed by atoms with van der Waals surface area (Å²) in [6, 6.07) is 31.6. The van der Waals surface area contributed by atoms with Gasteiger partial charge in [-0.2, -0.15) is 0 Å². The van der Waals surface area contributed by atoms with E-state index in [1.807, 2.05) is 66.7 Å². The van der Waals surface area contributed by atoms with Crippen molar-refractivity contribution in [2.45, 2.75) is 13.2 Å². The molecule has 0 fully saturated rings. The Bertz CT molecular complexity index is 1570. The first-order valence-corrected chi connectivity index (χ1v) is 11.9. The number of hydrogen-bond donors (Lipinski definition) is 2. The zero-order chi connectivity index (χ0) is 25.6. The summed E-state index contributed by atoms with van der Waals surface area (Å²) in [5, 5.41) is 3.86. The summed E-state index contributed by atoms with van der Waals surface area (Å²) >= 11 is 0. The molecule has 37 heavy (non-hydrogen) atoms. The highest BCUT2D eigenvalue weighted by atomic mass is 16.5. The Morgan fingerprint density at radius 3 is 2.32 bits per heavy atom. The van der Waals surface area contributed by atoms with Crippen molar-refractivity contribution in [3.63, 3.8) is 0 Å². The van der Waals surface area contributed by atoms with E-state index in [9.17, 15) is 14.4 Å². The third-order valence-electron chi connectivity index (χ3n) is 6.08. The molecule has 0 aliphatic carbocycles. The van der Waals surface area contributed by atoms with Crippen LogP contribution in [0.5, 0.6) is 0 Å². The van der Waals surface area contributed by atoms with E-state index in [1.54, 1.807) is 36.4 Å². The number of ether oxygens (including phenoxy) is 1. The van der Waals surface area contributed by atoms with Gasteiger partial charge in [-0.05, 0) is 64.7 Å². The fourth-order valence-electron chi connectivity index (χ4n) is 4.09. The van der Waals surface area contributed by atoms with Gasteiger partial charge in [0, 0.05) is 23.0 Å². The van der Waals surface area contributed by atoms with Gasteiger partial charge in [0.05, 0.1) is 11.3 Å². The van der Waals surface area contributed by atoms with Crippen molar-refractivity contribution < 1.29 is 19.1 Å². The number of aromatic amines is 1. The second-order valence-electron chi connectivity index (χ2n) is 8.67. The Hall–Kier alpha value is -4.97. The molecule has 5 rings (SSSR count). The second kappa shape index (κ2) is 10.7. The molecule has 0 saturated heterocycles. The van der Waals surface area contributed by atoms with Crippen molar-refractivity contribution >= 4 is 29.1 Å². The largest absolute Gasteiger partial charge is 0.457 e. The van der Waals surface area contributed by atoms with Crippen LogP contribution in [0.25, 0.3) is 22.0 Å². The van der Waals surface area contributed by atoms with Crippen LogP contribution < -0.4 is 5.32 Å². The Morgan fingerprint density at radius 1 is 0.757 bits per heavy atom. The van der Waals surface area contributed by atoms with Gasteiger partial charge < -0.3 is 15.0 Å². The third-order valence-corrected chi connectivity index (χ3v) is 6.08. The van der Waals surface area contributed by atoms with Gasteiger partial charge in [0.2, 0.25) is 0 Å². The van der Waals surface area contributed by atoms with Crippen LogP contribution in [0, 0.1) is 0 Å². The summed E-state index contributed by atoms with van der Waals surface area (Å²) in [4.78, 5) is 39.2. The lowest BCUT2D eigenvalue weighted by molar-refractivity contribution is 0.0472. The van der Waals surface area contributed by atoms with Crippen molar-refractivity contribution in [3.8, 4) is 11.1 Å². The summed E-state index contributed by atoms with van der Waals surface area (Å²) < 4.78 is 5.36. The maximum Gasteiger partial charge on any atom is 0.338 e. The van der Waals surface area contributed by atoms with Crippen molar-refractivity contribution in [2.75, 3.05) is 0 Å². The number of rotatable bonds is 8. The molecule has 0 aliphatic heterocycles. The maximum atomic E-state index is 12.8. The zero-order valence-corrected chi connectivity index (χ0v) is 19.9. The van der Waals surface area contributed by atoms with E-state index in [2.05, 4.69) is 10.3 Å². The molecular weight excluding hydrogens is 464 g/mol. The molecule has 182 valence electrons. The number of aromatic nitrogens is 1. The molecule has 6 heteroatoms. The van der Waals surface area contributed by atoms with Gasteiger partial charge in [-0.15, -0.1) is 0 Å². The van der Waals surface area contributed by atoms with E-state index in [4.69, 9.17) is 4.74 Å². The Balaban J connectivity index is 1.20. The fourth-order valence-corrected chi connectivity index (χ4v) is 4.09. The molecule has 0 unspecified atom stereocenters. The van der Waals surface area contributed by atoms with Gasteiger partial charge in [0.15, 0.2) is 6.29 Å². The van der Waals surface area contributed by atoms with E-state index in [0.717, 1.165) is 39.4 Å². The highest BCUT2D eigenvalue weighted by molar-refractivity contribution is 5.96. The molecule has 1 aromatic heterocycles. The van der Waals surface area contributed by atoms with Crippen LogP contribution in [0.3, 0.4) is 0 Å². The smallest absolute Gasteiger partial charge is 0.338 e. The van der Waals surface area contributed by atoms with Gasteiger partial charge in [0.1, 0.15) is 6.61 Å². The topological polar surface area (TPSA) is 88.3 Å². The van der Waals surface area contributed by atoms with E-state index >= 15 is 0 Å². The number of carbonyl (C=O) groups is 3. The van der Waals surface area contributed by atoms with E-state index in [0.29, 0.717) is 23.4 Å². The summed E-state index contributed by atoms with van der Waals surface area (Å²) in [6.45, 7) is 0.543. The van der Waals surface area contributed by atoms with Crippen molar-refractivity contribution in [1.29, 1.82) is 0 Å². The number of esters is 1. The lowest BCUT2D eigenvalue weighted by atomic mass is 10.0. The normalized spacial score (nSPS) is 10.7. The predicted octanol–water partition coefficient (Wildman–Crippen LogP) is 5.93. The van der Waals surface area contributed by atoms with Crippen molar-refractivity contribution in [3.05, 3.63) is 131 Å². The third kappa shape index (κ3) is 5.65. The molecule has 2 N–H and O–H groups in total. The van der Waals surface area contributed by atoms with Gasteiger partial charge in [0.25, 0.3) is 5.91 Å². The standard InChI is InChI=1S/C31H24N2O4/c34-19-28-17-27-16-25(13-14-29(27)33-28)24-7-4-8-26(15-24)30(35)32-18-21-9-11-23(12-10-21)31(36)37-20-22-5-2-1-3-6-22/h1-17,19,33H,18,20H2,(H,32,35). The van der Waals surface area contributed by atoms with Crippen molar-refractivity contribution in [2.24, 2.45) is 0 Å². The Kier molecular flexibility index (Phi) is 6.90. The lowest BCUT2D eigenvalue weighted by Crippen LogP contribution is -2.22. The molecule has 0 atom stereocenters. The fraction of sp³-hybridized carbons (Fsp3) is 0.0645. The molecule has 1 amide bonds. The number of hydrogen-bond acceptors (Lipinski definition) is 4. The number of nitrogens with one attached hydrogen (secondary N) is 2. The molecule has 0 aliphatic rings. The monoisotopic (exact) mass is 488 g/mol. The molecule has 0 radical (unpaired) electrons. The average molecular weight is 489 g/mol.